The van der Waals surface area contributed by atoms with Crippen LogP contribution >= 0.6 is 11.3 Å². The molecule has 0 atom stereocenters. The molecule has 0 fully saturated rings. The van der Waals surface area contributed by atoms with Gasteiger partial charge >= 0.3 is 0 Å². The van der Waals surface area contributed by atoms with E-state index in [2.05, 4.69) is 32.8 Å². The number of hydrogen-bond acceptors (Lipinski definition) is 5. The van der Waals surface area contributed by atoms with Gasteiger partial charge in [-0.2, -0.15) is 0 Å². The van der Waals surface area contributed by atoms with E-state index in [-0.39, 0.29) is 0 Å². The molecular formula is C20H21N3O2S2. The molecule has 1 N–H and O–H groups in total. The predicted octanol–water partition coefficient (Wildman–Crippen LogP) is 4.59. The zero-order chi connectivity index (χ0) is 18.9. The molecule has 2 aromatic heterocycles. The largest absolute Gasteiger partial charge is 0.340 e. The van der Waals surface area contributed by atoms with Crippen LogP contribution in [-0.4, -0.2) is 19.9 Å². The molecule has 3 aromatic rings. The van der Waals surface area contributed by atoms with E-state index in [1.807, 2.05) is 25.1 Å². The highest BCUT2D eigenvalue weighted by atomic mass is 32.2. The van der Waals surface area contributed by atoms with Crippen LogP contribution in [0, 0.1) is 0 Å². The Balaban J connectivity index is 1.55. The fraction of sp³-hybridized carbons (Fsp3) is 0.250. The molecule has 1 aromatic carbocycles. The summed E-state index contributed by atoms with van der Waals surface area (Å²) in [6.07, 6.45) is 4.72. The Labute approximate surface area is 163 Å². The van der Waals surface area contributed by atoms with Crippen LogP contribution in [0.1, 0.15) is 23.8 Å². The number of rotatable bonds is 5. The summed E-state index contributed by atoms with van der Waals surface area (Å²) in [5.74, 6) is 0.329. The van der Waals surface area contributed by atoms with Gasteiger partial charge in [-0.25, -0.2) is 13.4 Å². The fourth-order valence-corrected chi connectivity index (χ4v) is 5.59. The number of pyridine rings is 1. The van der Waals surface area contributed by atoms with Crippen molar-refractivity contribution in [3.63, 3.8) is 0 Å². The molecule has 0 aliphatic carbocycles. The normalized spacial score (nSPS) is 14.0. The van der Waals surface area contributed by atoms with E-state index in [4.69, 9.17) is 0 Å². The van der Waals surface area contributed by atoms with E-state index in [0.717, 1.165) is 36.4 Å². The number of hydrogen-bond donors (Lipinski definition) is 1. The van der Waals surface area contributed by atoms with E-state index in [1.165, 1.54) is 22.6 Å². The number of nitrogens with one attached hydrogen (secondary N) is 1. The Morgan fingerprint density at radius 2 is 2.00 bits per heavy atom. The third kappa shape index (κ3) is 3.70. The van der Waals surface area contributed by atoms with E-state index >= 15 is 0 Å². The minimum atomic E-state index is -3.60. The average molecular weight is 400 g/mol. The number of benzene rings is 1. The first-order chi connectivity index (χ1) is 13.1. The molecule has 5 nitrogen and oxygen atoms in total. The zero-order valence-electron chi connectivity index (χ0n) is 15.1. The van der Waals surface area contributed by atoms with Gasteiger partial charge in [-0.15, -0.1) is 11.3 Å². The molecule has 140 valence electrons. The maximum Gasteiger partial charge on any atom is 0.272 e. The lowest BCUT2D eigenvalue weighted by Crippen LogP contribution is -2.24. The lowest BCUT2D eigenvalue weighted by atomic mass is 10.0. The minimum absolute atomic E-state index is 0.315. The van der Waals surface area contributed by atoms with Gasteiger partial charge in [-0.1, -0.05) is 25.1 Å². The van der Waals surface area contributed by atoms with Crippen molar-refractivity contribution in [1.29, 1.82) is 0 Å². The summed E-state index contributed by atoms with van der Waals surface area (Å²) in [4.78, 5) is 7.61. The summed E-state index contributed by atoms with van der Waals surface area (Å²) in [6.45, 7) is 2.94. The molecule has 0 spiro atoms. The maximum absolute atomic E-state index is 12.5. The Bertz CT molecular complexity index is 1040. The number of aromatic nitrogens is 1. The lowest BCUT2D eigenvalue weighted by Gasteiger charge is -2.31. The van der Waals surface area contributed by atoms with E-state index in [1.54, 1.807) is 18.3 Å². The number of anilines is 3. The van der Waals surface area contributed by atoms with Crippen LogP contribution in [0.4, 0.5) is 17.2 Å². The summed E-state index contributed by atoms with van der Waals surface area (Å²) in [6, 6.07) is 15.5. The fourth-order valence-electron chi connectivity index (χ4n) is 3.29. The summed E-state index contributed by atoms with van der Waals surface area (Å²) in [5.41, 5.74) is 3.50. The molecule has 1 aliphatic rings. The number of para-hydroxylation sites is 1. The van der Waals surface area contributed by atoms with Gasteiger partial charge in [-0.3, -0.25) is 4.72 Å². The van der Waals surface area contributed by atoms with Gasteiger partial charge in [0.2, 0.25) is 0 Å². The molecule has 0 bridgehead atoms. The van der Waals surface area contributed by atoms with Crippen LogP contribution in [0.2, 0.25) is 0 Å². The van der Waals surface area contributed by atoms with Crippen molar-refractivity contribution >= 4 is 38.6 Å². The van der Waals surface area contributed by atoms with Gasteiger partial charge in [-0.05, 0) is 55.2 Å². The second kappa shape index (κ2) is 7.32. The van der Waals surface area contributed by atoms with Gasteiger partial charge in [0, 0.05) is 17.1 Å². The summed E-state index contributed by atoms with van der Waals surface area (Å²) < 4.78 is 27.9. The van der Waals surface area contributed by atoms with Crippen molar-refractivity contribution in [2.75, 3.05) is 16.2 Å². The van der Waals surface area contributed by atoms with E-state index in [0.29, 0.717) is 10.0 Å². The summed E-state index contributed by atoms with van der Waals surface area (Å²) >= 11 is 1.29. The number of aryl methyl sites for hydroxylation is 2. The summed E-state index contributed by atoms with van der Waals surface area (Å²) in [7, 11) is -3.60. The molecule has 27 heavy (non-hydrogen) atoms. The molecule has 0 amide bonds. The topological polar surface area (TPSA) is 62.3 Å². The number of fused-ring (bicyclic) bond motifs is 1. The Hall–Kier alpha value is -2.38. The molecule has 3 heterocycles. The third-order valence-corrected chi connectivity index (χ3v) is 7.74. The monoisotopic (exact) mass is 399 g/mol. The molecular weight excluding hydrogens is 378 g/mol. The maximum atomic E-state index is 12.5. The molecule has 0 unspecified atom stereocenters. The van der Waals surface area contributed by atoms with Crippen LogP contribution in [0.3, 0.4) is 0 Å². The van der Waals surface area contributed by atoms with Crippen molar-refractivity contribution in [3.8, 4) is 0 Å². The van der Waals surface area contributed by atoms with Crippen molar-refractivity contribution in [2.24, 2.45) is 0 Å². The number of nitrogens with zero attached hydrogens (tertiary/aromatic N) is 2. The predicted molar refractivity (Wildman–Crippen MR) is 111 cm³/mol. The first-order valence-electron chi connectivity index (χ1n) is 9.00. The lowest BCUT2D eigenvalue weighted by molar-refractivity contribution is 0.603. The van der Waals surface area contributed by atoms with E-state index < -0.39 is 10.0 Å². The van der Waals surface area contributed by atoms with Gasteiger partial charge in [0.05, 0.1) is 11.9 Å². The molecule has 1 aliphatic heterocycles. The molecule has 4 rings (SSSR count). The molecule has 7 heteroatoms. The third-order valence-electron chi connectivity index (χ3n) is 4.66. The Kier molecular flexibility index (Phi) is 4.88. The van der Waals surface area contributed by atoms with Crippen molar-refractivity contribution < 1.29 is 8.42 Å². The minimum Gasteiger partial charge on any atom is -0.340 e. The van der Waals surface area contributed by atoms with Crippen LogP contribution in [0.25, 0.3) is 0 Å². The SMILES string of the molecule is CCc1ccc(S(=O)(=O)Nc2ccc(N3CCCc4ccccc43)cn2)s1. The number of sulfonamides is 1. The smallest absolute Gasteiger partial charge is 0.272 e. The van der Waals surface area contributed by atoms with Crippen LogP contribution in [-0.2, 0) is 22.9 Å². The van der Waals surface area contributed by atoms with Crippen LogP contribution < -0.4 is 9.62 Å². The van der Waals surface area contributed by atoms with Gasteiger partial charge in [0.15, 0.2) is 0 Å². The quantitative estimate of drug-likeness (QED) is 0.682. The van der Waals surface area contributed by atoms with Gasteiger partial charge < -0.3 is 4.90 Å². The van der Waals surface area contributed by atoms with Crippen molar-refractivity contribution in [3.05, 3.63) is 65.2 Å². The Morgan fingerprint density at radius 3 is 2.74 bits per heavy atom. The molecule has 0 saturated carbocycles. The first kappa shape index (κ1) is 18.0. The van der Waals surface area contributed by atoms with Crippen molar-refractivity contribution in [2.45, 2.75) is 30.4 Å². The second-order valence-corrected chi connectivity index (χ2v) is 9.54. The van der Waals surface area contributed by atoms with Gasteiger partial charge in [0.25, 0.3) is 10.0 Å². The molecule has 0 radical (unpaired) electrons. The highest BCUT2D eigenvalue weighted by Crippen LogP contribution is 2.33. The second-order valence-electron chi connectivity index (χ2n) is 6.47. The summed E-state index contributed by atoms with van der Waals surface area (Å²) in [5, 5.41) is 0. The average Bonchev–Trinajstić information content (AvgIpc) is 3.18. The van der Waals surface area contributed by atoms with Crippen LogP contribution in [0.5, 0.6) is 0 Å². The standard InChI is InChI=1S/C20H21N3O2S2/c1-2-17-10-12-20(26-17)27(24,25)22-19-11-9-16(14-21-19)23-13-5-7-15-6-3-4-8-18(15)23/h3-4,6,8-12,14H,2,5,7,13H2,1H3,(H,21,22). The Morgan fingerprint density at radius 1 is 1.15 bits per heavy atom. The highest BCUT2D eigenvalue weighted by molar-refractivity contribution is 7.94. The number of thiophene rings is 1. The van der Waals surface area contributed by atoms with Gasteiger partial charge in [0.1, 0.15) is 10.0 Å². The molecule has 0 saturated heterocycles. The van der Waals surface area contributed by atoms with Crippen LogP contribution in [0.15, 0.2) is 58.9 Å². The highest BCUT2D eigenvalue weighted by Gasteiger charge is 2.20. The van der Waals surface area contributed by atoms with E-state index in [9.17, 15) is 8.42 Å². The first-order valence-corrected chi connectivity index (χ1v) is 11.3. The zero-order valence-corrected chi connectivity index (χ0v) is 16.7. The van der Waals surface area contributed by atoms with Crippen molar-refractivity contribution in [1.82, 2.24) is 4.98 Å².